The lowest BCUT2D eigenvalue weighted by Crippen LogP contribution is -2.46. The van der Waals surface area contributed by atoms with Crippen LogP contribution in [0.1, 0.15) is 25.0 Å². The number of ether oxygens (including phenoxy) is 1. The molecule has 0 saturated carbocycles. The summed E-state index contributed by atoms with van der Waals surface area (Å²) < 4.78 is 4.71. The third-order valence-electron chi connectivity index (χ3n) is 2.55. The number of nitrogens with one attached hydrogen (secondary N) is 1. The van der Waals surface area contributed by atoms with Crippen LogP contribution < -0.4 is 5.32 Å². The minimum absolute atomic E-state index is 0.280. The maximum Gasteiger partial charge on any atom is 0.325 e. The summed E-state index contributed by atoms with van der Waals surface area (Å²) in [7, 11) is 1.38. The van der Waals surface area contributed by atoms with E-state index in [4.69, 9.17) is 11.2 Å². The highest BCUT2D eigenvalue weighted by Crippen LogP contribution is 2.08. The fourth-order valence-electron chi connectivity index (χ4n) is 1.37. The fourth-order valence-corrected chi connectivity index (χ4v) is 1.37. The van der Waals surface area contributed by atoms with E-state index in [0.717, 1.165) is 11.1 Å². The van der Waals surface area contributed by atoms with Crippen LogP contribution in [0.3, 0.4) is 0 Å². The lowest BCUT2D eigenvalue weighted by molar-refractivity contribution is -0.147. The van der Waals surface area contributed by atoms with Gasteiger partial charge in [-0.2, -0.15) is 0 Å². The van der Waals surface area contributed by atoms with Crippen molar-refractivity contribution in [2.45, 2.75) is 25.9 Å². The number of rotatable bonds is 4. The highest BCUT2D eigenvalue weighted by atomic mass is 16.5. The zero-order chi connectivity index (χ0) is 12.9. The molecule has 0 heterocycles. The molecule has 1 aromatic rings. The van der Waals surface area contributed by atoms with E-state index in [2.05, 4.69) is 11.2 Å². The molecule has 1 N–H and O–H groups in total. The molecular weight excluding hydrogens is 214 g/mol. The number of methoxy groups -OCH3 is 1. The van der Waals surface area contributed by atoms with Gasteiger partial charge in [-0.25, -0.2) is 0 Å². The molecule has 0 aromatic heterocycles. The molecule has 0 radical (unpaired) electrons. The molecule has 0 aliphatic rings. The summed E-state index contributed by atoms with van der Waals surface area (Å²) >= 11 is 0. The van der Waals surface area contributed by atoms with Crippen molar-refractivity contribution in [3.05, 3.63) is 35.4 Å². The van der Waals surface area contributed by atoms with Gasteiger partial charge in [0.05, 0.1) is 7.11 Å². The van der Waals surface area contributed by atoms with Crippen molar-refractivity contribution in [1.82, 2.24) is 5.32 Å². The zero-order valence-electron chi connectivity index (χ0n) is 10.4. The second kappa shape index (κ2) is 5.51. The van der Waals surface area contributed by atoms with Crippen molar-refractivity contribution in [2.75, 3.05) is 7.11 Å². The molecular formula is C14H17NO2. The van der Waals surface area contributed by atoms with Gasteiger partial charge in [0.1, 0.15) is 5.54 Å². The van der Waals surface area contributed by atoms with Gasteiger partial charge in [0.2, 0.25) is 0 Å². The van der Waals surface area contributed by atoms with Crippen LogP contribution in [-0.2, 0) is 16.1 Å². The first kappa shape index (κ1) is 13.3. The lowest BCUT2D eigenvalue weighted by Gasteiger charge is -2.23. The Hall–Kier alpha value is -1.79. The Kier molecular flexibility index (Phi) is 4.30. The van der Waals surface area contributed by atoms with Crippen LogP contribution in [0, 0.1) is 12.3 Å². The second-order valence-corrected chi connectivity index (χ2v) is 4.31. The SMILES string of the molecule is C#Cc1ccc(CNC(C)(C)C(=O)OC)cc1. The summed E-state index contributed by atoms with van der Waals surface area (Å²) in [5, 5.41) is 3.14. The molecule has 90 valence electrons. The first-order valence-corrected chi connectivity index (χ1v) is 5.38. The van der Waals surface area contributed by atoms with Gasteiger partial charge in [-0.15, -0.1) is 6.42 Å². The maximum absolute atomic E-state index is 11.4. The van der Waals surface area contributed by atoms with Gasteiger partial charge < -0.3 is 4.74 Å². The predicted molar refractivity (Wildman–Crippen MR) is 67.3 cm³/mol. The molecule has 0 unspecified atom stereocenters. The van der Waals surface area contributed by atoms with Gasteiger partial charge in [0, 0.05) is 12.1 Å². The fraction of sp³-hybridized carbons (Fsp3) is 0.357. The van der Waals surface area contributed by atoms with E-state index >= 15 is 0 Å². The van der Waals surface area contributed by atoms with E-state index in [0.29, 0.717) is 6.54 Å². The molecule has 0 fully saturated rings. The summed E-state index contributed by atoms with van der Waals surface area (Å²) in [4.78, 5) is 11.4. The second-order valence-electron chi connectivity index (χ2n) is 4.31. The molecule has 0 aliphatic heterocycles. The molecule has 0 saturated heterocycles. The van der Waals surface area contributed by atoms with Crippen molar-refractivity contribution < 1.29 is 9.53 Å². The first-order valence-electron chi connectivity index (χ1n) is 5.38. The number of terminal acetylenes is 1. The molecule has 1 rings (SSSR count). The Morgan fingerprint density at radius 2 is 2.00 bits per heavy atom. The largest absolute Gasteiger partial charge is 0.468 e. The molecule has 1 aromatic carbocycles. The van der Waals surface area contributed by atoms with Crippen molar-refractivity contribution >= 4 is 5.97 Å². The summed E-state index contributed by atoms with van der Waals surface area (Å²) in [6.45, 7) is 4.16. The van der Waals surface area contributed by atoms with Crippen molar-refractivity contribution in [3.8, 4) is 12.3 Å². The van der Waals surface area contributed by atoms with Crippen LogP contribution in [0.25, 0.3) is 0 Å². The van der Waals surface area contributed by atoms with Crippen molar-refractivity contribution in [1.29, 1.82) is 0 Å². The number of hydrogen-bond donors (Lipinski definition) is 1. The average molecular weight is 231 g/mol. The molecule has 17 heavy (non-hydrogen) atoms. The Bertz CT molecular complexity index is 427. The normalized spacial score (nSPS) is 10.7. The maximum atomic E-state index is 11.4. The van der Waals surface area contributed by atoms with Gasteiger partial charge in [-0.3, -0.25) is 10.1 Å². The van der Waals surface area contributed by atoms with Gasteiger partial charge in [0.15, 0.2) is 0 Å². The summed E-state index contributed by atoms with van der Waals surface area (Å²) in [5.74, 6) is 2.28. The smallest absolute Gasteiger partial charge is 0.325 e. The van der Waals surface area contributed by atoms with Gasteiger partial charge in [-0.1, -0.05) is 18.1 Å². The molecule has 0 aliphatic carbocycles. The number of hydrogen-bond acceptors (Lipinski definition) is 3. The summed E-state index contributed by atoms with van der Waals surface area (Å²) in [5.41, 5.74) is 1.22. The highest BCUT2D eigenvalue weighted by Gasteiger charge is 2.27. The van der Waals surface area contributed by atoms with E-state index in [1.165, 1.54) is 7.11 Å². The minimum Gasteiger partial charge on any atom is -0.468 e. The molecule has 3 heteroatoms. The highest BCUT2D eigenvalue weighted by molar-refractivity contribution is 5.79. The molecule has 0 atom stereocenters. The molecule has 0 spiro atoms. The van der Waals surface area contributed by atoms with Crippen molar-refractivity contribution in [2.24, 2.45) is 0 Å². The quantitative estimate of drug-likeness (QED) is 0.633. The molecule has 0 amide bonds. The van der Waals surface area contributed by atoms with Crippen LogP contribution >= 0.6 is 0 Å². The van der Waals surface area contributed by atoms with Gasteiger partial charge >= 0.3 is 5.97 Å². The van der Waals surface area contributed by atoms with Crippen LogP contribution in [0.4, 0.5) is 0 Å². The number of carbonyl (C=O) groups excluding carboxylic acids is 1. The number of carbonyl (C=O) groups is 1. The Morgan fingerprint density at radius 3 is 2.47 bits per heavy atom. The van der Waals surface area contributed by atoms with Crippen LogP contribution in [0.2, 0.25) is 0 Å². The Morgan fingerprint density at radius 1 is 1.41 bits per heavy atom. The van der Waals surface area contributed by atoms with Crippen LogP contribution in [0.5, 0.6) is 0 Å². The third kappa shape index (κ3) is 3.61. The number of benzene rings is 1. The van der Waals surface area contributed by atoms with Crippen LogP contribution in [0.15, 0.2) is 24.3 Å². The number of esters is 1. The van der Waals surface area contributed by atoms with Gasteiger partial charge in [0.25, 0.3) is 0 Å². The molecule has 0 bridgehead atoms. The van der Waals surface area contributed by atoms with E-state index in [1.54, 1.807) is 13.8 Å². The summed E-state index contributed by atoms with van der Waals surface area (Å²) in [6.07, 6.45) is 5.27. The standard InChI is InChI=1S/C14H17NO2/c1-5-11-6-8-12(9-7-11)10-15-14(2,3)13(16)17-4/h1,6-9,15H,10H2,2-4H3. The lowest BCUT2D eigenvalue weighted by atomic mass is 10.1. The van der Waals surface area contributed by atoms with Crippen molar-refractivity contribution in [3.63, 3.8) is 0 Å². The van der Waals surface area contributed by atoms with E-state index in [1.807, 2.05) is 24.3 Å². The zero-order valence-corrected chi connectivity index (χ0v) is 10.4. The minimum atomic E-state index is -0.695. The molecule has 3 nitrogen and oxygen atoms in total. The van der Waals surface area contributed by atoms with Crippen LogP contribution in [-0.4, -0.2) is 18.6 Å². The topological polar surface area (TPSA) is 38.3 Å². The third-order valence-corrected chi connectivity index (χ3v) is 2.55. The van der Waals surface area contributed by atoms with E-state index in [9.17, 15) is 4.79 Å². The van der Waals surface area contributed by atoms with Gasteiger partial charge in [-0.05, 0) is 31.5 Å². The Balaban J connectivity index is 2.61. The Labute approximate surface area is 102 Å². The first-order chi connectivity index (χ1) is 7.99. The average Bonchev–Trinajstić information content (AvgIpc) is 2.36. The summed E-state index contributed by atoms with van der Waals surface area (Å²) in [6, 6.07) is 7.63. The van der Waals surface area contributed by atoms with E-state index < -0.39 is 5.54 Å². The predicted octanol–water partition coefficient (Wildman–Crippen LogP) is 1.71. The van der Waals surface area contributed by atoms with E-state index in [-0.39, 0.29) is 5.97 Å². The monoisotopic (exact) mass is 231 g/mol.